The van der Waals surface area contributed by atoms with Crippen LogP contribution in [0.15, 0.2) is 46.1 Å². The first-order chi connectivity index (χ1) is 11.1. The summed E-state index contributed by atoms with van der Waals surface area (Å²) >= 11 is 0. The normalized spacial score (nSPS) is 12.6. The van der Waals surface area contributed by atoms with Gasteiger partial charge in [0.05, 0.1) is 12.6 Å². The van der Waals surface area contributed by atoms with Gasteiger partial charge in [-0.05, 0) is 30.4 Å². The predicted molar refractivity (Wildman–Crippen MR) is 109 cm³/mol. The molecule has 0 saturated heterocycles. The largest absolute Gasteiger partial charge is 0.364 e. The molecule has 0 bridgehead atoms. The van der Waals surface area contributed by atoms with E-state index in [0.29, 0.717) is 12.5 Å². The van der Waals surface area contributed by atoms with Gasteiger partial charge >= 0.3 is 0 Å². The molecule has 2 N–H and O–H groups in total. The first-order valence-electron chi connectivity index (χ1n) is 8.03. The van der Waals surface area contributed by atoms with Crippen LogP contribution in [0.5, 0.6) is 0 Å². The lowest BCUT2D eigenvalue weighted by Gasteiger charge is -2.18. The van der Waals surface area contributed by atoms with E-state index in [4.69, 9.17) is 4.52 Å². The molecule has 0 saturated carbocycles. The summed E-state index contributed by atoms with van der Waals surface area (Å²) in [4.78, 5) is 4.25. The van der Waals surface area contributed by atoms with Crippen LogP contribution in [0.25, 0.3) is 0 Å². The van der Waals surface area contributed by atoms with E-state index < -0.39 is 0 Å². The number of hydrogen-bond acceptors (Lipinski definition) is 3. The molecule has 1 unspecified atom stereocenters. The summed E-state index contributed by atoms with van der Waals surface area (Å²) in [6.07, 6.45) is 2.68. The molecule has 6 heteroatoms. The lowest BCUT2D eigenvalue weighted by Crippen LogP contribution is -2.38. The van der Waals surface area contributed by atoms with Crippen LogP contribution in [0.2, 0.25) is 0 Å². The number of rotatable bonds is 6. The molecule has 0 aliphatic carbocycles. The topological polar surface area (TPSA) is 62.5 Å². The van der Waals surface area contributed by atoms with E-state index in [-0.39, 0.29) is 30.0 Å². The Morgan fingerprint density at radius 2 is 1.88 bits per heavy atom. The minimum absolute atomic E-state index is 0. The highest BCUT2D eigenvalue weighted by Crippen LogP contribution is 2.15. The third-order valence-electron chi connectivity index (χ3n) is 3.63. The summed E-state index contributed by atoms with van der Waals surface area (Å²) in [5, 5.41) is 10.5. The zero-order valence-corrected chi connectivity index (χ0v) is 17.1. The molecule has 0 radical (unpaired) electrons. The monoisotopic (exact) mass is 442 g/mol. The van der Waals surface area contributed by atoms with Crippen LogP contribution in [0, 0.1) is 5.92 Å². The van der Waals surface area contributed by atoms with E-state index in [1.807, 2.05) is 6.07 Å². The summed E-state index contributed by atoms with van der Waals surface area (Å²) < 4.78 is 4.82. The Morgan fingerprint density at radius 1 is 1.17 bits per heavy atom. The molecule has 0 aliphatic heterocycles. The quantitative estimate of drug-likeness (QED) is 0.405. The highest BCUT2D eigenvalue weighted by Gasteiger charge is 2.08. The molecule has 1 atom stereocenters. The molecule has 1 heterocycles. The van der Waals surface area contributed by atoms with Crippen molar-refractivity contribution in [3.63, 3.8) is 0 Å². The van der Waals surface area contributed by atoms with Crippen molar-refractivity contribution in [3.8, 4) is 0 Å². The number of aliphatic imine (C=N–C) groups is 1. The Bertz CT molecular complexity index is 608. The van der Waals surface area contributed by atoms with E-state index in [2.05, 4.69) is 65.8 Å². The highest BCUT2D eigenvalue weighted by molar-refractivity contribution is 14.0. The molecular formula is C18H27IN4O. The minimum Gasteiger partial charge on any atom is -0.364 e. The molecule has 1 aromatic heterocycles. The van der Waals surface area contributed by atoms with Crippen LogP contribution < -0.4 is 10.6 Å². The third kappa shape index (κ3) is 6.51. The van der Waals surface area contributed by atoms with Gasteiger partial charge in [0.15, 0.2) is 5.96 Å². The number of guanidine groups is 1. The van der Waals surface area contributed by atoms with Crippen molar-refractivity contribution < 1.29 is 4.52 Å². The van der Waals surface area contributed by atoms with Crippen molar-refractivity contribution in [2.75, 3.05) is 7.05 Å². The molecule has 2 aromatic rings. The van der Waals surface area contributed by atoms with E-state index >= 15 is 0 Å². The molecule has 132 valence electrons. The van der Waals surface area contributed by atoms with Gasteiger partial charge in [0.25, 0.3) is 0 Å². The van der Waals surface area contributed by atoms with Gasteiger partial charge in [-0.2, -0.15) is 0 Å². The molecule has 0 fully saturated rings. The van der Waals surface area contributed by atoms with Gasteiger partial charge in [-0.1, -0.05) is 43.3 Å². The number of benzene rings is 1. The van der Waals surface area contributed by atoms with Crippen molar-refractivity contribution >= 4 is 29.9 Å². The fourth-order valence-electron chi connectivity index (χ4n) is 2.40. The SMILES string of the molecule is CN=C(NCc1ccon1)NC(C)c1ccc(CC(C)C)cc1.I. The van der Waals surface area contributed by atoms with Gasteiger partial charge in [0.1, 0.15) is 12.0 Å². The fraction of sp³-hybridized carbons (Fsp3) is 0.444. The van der Waals surface area contributed by atoms with Gasteiger partial charge in [0.2, 0.25) is 0 Å². The zero-order chi connectivity index (χ0) is 16.7. The van der Waals surface area contributed by atoms with Crippen LogP contribution in [-0.4, -0.2) is 18.2 Å². The average Bonchev–Trinajstić information content (AvgIpc) is 3.04. The van der Waals surface area contributed by atoms with Gasteiger partial charge < -0.3 is 15.2 Å². The number of hydrogen-bond donors (Lipinski definition) is 2. The molecule has 5 nitrogen and oxygen atoms in total. The van der Waals surface area contributed by atoms with Crippen molar-refractivity contribution in [2.45, 2.75) is 39.8 Å². The lowest BCUT2D eigenvalue weighted by atomic mass is 10.00. The van der Waals surface area contributed by atoms with Crippen molar-refractivity contribution in [2.24, 2.45) is 10.9 Å². The van der Waals surface area contributed by atoms with Gasteiger partial charge in [-0.3, -0.25) is 4.99 Å². The first-order valence-corrected chi connectivity index (χ1v) is 8.03. The highest BCUT2D eigenvalue weighted by atomic mass is 127. The van der Waals surface area contributed by atoms with Crippen LogP contribution >= 0.6 is 24.0 Å². The number of nitrogens with one attached hydrogen (secondary N) is 2. The molecule has 0 aliphatic rings. The van der Waals surface area contributed by atoms with E-state index in [0.717, 1.165) is 18.1 Å². The van der Waals surface area contributed by atoms with Gasteiger partial charge in [-0.15, -0.1) is 24.0 Å². The van der Waals surface area contributed by atoms with Crippen molar-refractivity contribution in [1.82, 2.24) is 15.8 Å². The average molecular weight is 442 g/mol. The lowest BCUT2D eigenvalue weighted by molar-refractivity contribution is 0.410. The zero-order valence-electron chi connectivity index (χ0n) is 14.7. The van der Waals surface area contributed by atoms with Gasteiger partial charge in [-0.25, -0.2) is 0 Å². The second-order valence-corrected chi connectivity index (χ2v) is 6.12. The molecule has 1 aromatic carbocycles. The van der Waals surface area contributed by atoms with Crippen LogP contribution in [0.3, 0.4) is 0 Å². The fourth-order valence-corrected chi connectivity index (χ4v) is 2.40. The van der Waals surface area contributed by atoms with E-state index in [1.165, 1.54) is 11.1 Å². The first kappa shape index (κ1) is 20.5. The van der Waals surface area contributed by atoms with Crippen LogP contribution in [0.4, 0.5) is 0 Å². The Morgan fingerprint density at radius 3 is 2.42 bits per heavy atom. The minimum atomic E-state index is 0. The summed E-state index contributed by atoms with van der Waals surface area (Å²) in [5.74, 6) is 1.42. The summed E-state index contributed by atoms with van der Waals surface area (Å²) in [5.41, 5.74) is 3.46. The van der Waals surface area contributed by atoms with E-state index in [9.17, 15) is 0 Å². The van der Waals surface area contributed by atoms with Crippen LogP contribution in [-0.2, 0) is 13.0 Å². The molecular weight excluding hydrogens is 415 g/mol. The number of halogens is 1. The number of aromatic nitrogens is 1. The Balaban J connectivity index is 0.00000288. The summed E-state index contributed by atoms with van der Waals surface area (Å²) in [7, 11) is 1.76. The van der Waals surface area contributed by atoms with Crippen molar-refractivity contribution in [3.05, 3.63) is 53.4 Å². The maximum Gasteiger partial charge on any atom is 0.191 e. The standard InChI is InChI=1S/C18H26N4O.HI/c1-13(2)11-15-5-7-16(8-6-15)14(3)21-18(19-4)20-12-17-9-10-23-22-17;/h5-10,13-14H,11-12H2,1-4H3,(H2,19,20,21);1H. The Kier molecular flexibility index (Phi) is 8.81. The maximum atomic E-state index is 4.82. The summed E-state index contributed by atoms with van der Waals surface area (Å²) in [6.45, 7) is 7.18. The van der Waals surface area contributed by atoms with Gasteiger partial charge in [0, 0.05) is 13.1 Å². The smallest absolute Gasteiger partial charge is 0.191 e. The summed E-state index contributed by atoms with van der Waals surface area (Å²) in [6, 6.07) is 10.8. The predicted octanol–water partition coefficient (Wildman–Crippen LogP) is 3.92. The molecule has 0 amide bonds. The van der Waals surface area contributed by atoms with Crippen LogP contribution in [0.1, 0.15) is 43.6 Å². The van der Waals surface area contributed by atoms with Crippen molar-refractivity contribution in [1.29, 1.82) is 0 Å². The Labute approximate surface area is 161 Å². The molecule has 0 spiro atoms. The second kappa shape index (κ2) is 10.3. The molecule has 2 rings (SSSR count). The third-order valence-corrected chi connectivity index (χ3v) is 3.63. The maximum absolute atomic E-state index is 4.82. The Hall–Kier alpha value is -1.57. The van der Waals surface area contributed by atoms with E-state index in [1.54, 1.807) is 13.3 Å². The second-order valence-electron chi connectivity index (χ2n) is 6.12. The number of nitrogens with zero attached hydrogens (tertiary/aromatic N) is 2. The molecule has 24 heavy (non-hydrogen) atoms.